The first kappa shape index (κ1) is 11.6. The molecule has 0 spiro atoms. The highest BCUT2D eigenvalue weighted by Gasteiger charge is 2.16. The molecule has 0 amide bonds. The Morgan fingerprint density at radius 3 is 2.44 bits per heavy atom. The Morgan fingerprint density at radius 1 is 1.06 bits per heavy atom. The van der Waals surface area contributed by atoms with Gasteiger partial charge in [-0.1, -0.05) is 25.7 Å². The summed E-state index contributed by atoms with van der Waals surface area (Å²) in [6.45, 7) is 0.574. The van der Waals surface area contributed by atoms with Crippen LogP contribution in [-0.4, -0.2) is 16.7 Å². The van der Waals surface area contributed by atoms with E-state index in [2.05, 4.69) is 10.2 Å². The summed E-state index contributed by atoms with van der Waals surface area (Å²) in [4.78, 5) is 0. The van der Waals surface area contributed by atoms with Crippen molar-refractivity contribution in [1.82, 2.24) is 10.2 Å². The minimum atomic E-state index is 0.574. The van der Waals surface area contributed by atoms with Crippen LogP contribution in [0.5, 0.6) is 0 Å². The largest absolute Gasteiger partial charge is 0.425 e. The van der Waals surface area contributed by atoms with E-state index in [1.165, 1.54) is 38.5 Å². The molecule has 16 heavy (non-hydrogen) atoms. The third-order valence-corrected chi connectivity index (χ3v) is 3.30. The maximum Gasteiger partial charge on any atom is 0.217 e. The van der Waals surface area contributed by atoms with Crippen LogP contribution in [0.4, 0.5) is 0 Å². The van der Waals surface area contributed by atoms with Crippen LogP contribution in [0.15, 0.2) is 4.42 Å². The molecule has 2 N–H and O–H groups in total. The SMILES string of the molecule is NCCc1nnc(CC2CCCCCC2)o1. The van der Waals surface area contributed by atoms with Gasteiger partial charge in [-0.2, -0.15) is 0 Å². The van der Waals surface area contributed by atoms with E-state index in [-0.39, 0.29) is 0 Å². The molecule has 90 valence electrons. The van der Waals surface area contributed by atoms with Gasteiger partial charge in [-0.05, 0) is 18.8 Å². The third kappa shape index (κ3) is 3.30. The second-order valence-electron chi connectivity index (χ2n) is 4.69. The quantitative estimate of drug-likeness (QED) is 0.794. The predicted octanol–water partition coefficient (Wildman–Crippen LogP) is 2.08. The zero-order chi connectivity index (χ0) is 11.2. The van der Waals surface area contributed by atoms with E-state index in [1.54, 1.807) is 0 Å². The van der Waals surface area contributed by atoms with Crippen molar-refractivity contribution in [2.24, 2.45) is 11.7 Å². The number of nitrogens with zero attached hydrogens (tertiary/aromatic N) is 2. The van der Waals surface area contributed by atoms with E-state index in [0.717, 1.165) is 18.2 Å². The van der Waals surface area contributed by atoms with Gasteiger partial charge in [0.2, 0.25) is 11.8 Å². The number of hydrogen-bond donors (Lipinski definition) is 1. The molecule has 0 aliphatic heterocycles. The average Bonchev–Trinajstić information content (AvgIpc) is 2.56. The van der Waals surface area contributed by atoms with Gasteiger partial charge in [0.25, 0.3) is 0 Å². The summed E-state index contributed by atoms with van der Waals surface area (Å²) in [6, 6.07) is 0. The van der Waals surface area contributed by atoms with Crippen LogP contribution in [0.1, 0.15) is 50.3 Å². The maximum absolute atomic E-state index is 5.57. The molecule has 1 aromatic rings. The van der Waals surface area contributed by atoms with Crippen LogP contribution < -0.4 is 5.73 Å². The molecule has 4 heteroatoms. The van der Waals surface area contributed by atoms with Gasteiger partial charge < -0.3 is 10.2 Å². The van der Waals surface area contributed by atoms with Gasteiger partial charge in [0.05, 0.1) is 0 Å². The number of rotatable bonds is 4. The topological polar surface area (TPSA) is 64.9 Å². The molecule has 1 saturated carbocycles. The Hall–Kier alpha value is -0.900. The highest BCUT2D eigenvalue weighted by Crippen LogP contribution is 2.25. The molecule has 0 aromatic carbocycles. The van der Waals surface area contributed by atoms with E-state index in [0.29, 0.717) is 18.9 Å². The lowest BCUT2D eigenvalue weighted by atomic mass is 9.97. The molecule has 4 nitrogen and oxygen atoms in total. The van der Waals surface area contributed by atoms with Gasteiger partial charge in [0.1, 0.15) is 0 Å². The standard InChI is InChI=1S/C12H21N3O/c13-8-7-11-14-15-12(16-11)9-10-5-3-1-2-4-6-10/h10H,1-9,13H2. The minimum absolute atomic E-state index is 0.574. The monoisotopic (exact) mass is 223 g/mol. The highest BCUT2D eigenvalue weighted by atomic mass is 16.4. The molecule has 0 saturated heterocycles. The van der Waals surface area contributed by atoms with Crippen molar-refractivity contribution in [3.8, 4) is 0 Å². The van der Waals surface area contributed by atoms with E-state index in [4.69, 9.17) is 10.2 Å². The Morgan fingerprint density at radius 2 is 1.75 bits per heavy atom. The van der Waals surface area contributed by atoms with Crippen molar-refractivity contribution in [1.29, 1.82) is 0 Å². The average molecular weight is 223 g/mol. The van der Waals surface area contributed by atoms with E-state index in [1.807, 2.05) is 0 Å². The normalized spacial score (nSPS) is 18.6. The Balaban J connectivity index is 1.86. The summed E-state index contributed by atoms with van der Waals surface area (Å²) in [5.41, 5.74) is 5.45. The fourth-order valence-corrected chi connectivity index (χ4v) is 2.41. The molecular weight excluding hydrogens is 202 g/mol. The van der Waals surface area contributed by atoms with Crippen LogP contribution >= 0.6 is 0 Å². The fourth-order valence-electron chi connectivity index (χ4n) is 2.41. The van der Waals surface area contributed by atoms with Crippen LogP contribution in [-0.2, 0) is 12.8 Å². The van der Waals surface area contributed by atoms with E-state index >= 15 is 0 Å². The van der Waals surface area contributed by atoms with Crippen LogP contribution in [0.2, 0.25) is 0 Å². The van der Waals surface area contributed by atoms with Gasteiger partial charge in [-0.15, -0.1) is 10.2 Å². The molecule has 0 unspecified atom stereocenters. The number of hydrogen-bond acceptors (Lipinski definition) is 4. The van der Waals surface area contributed by atoms with E-state index < -0.39 is 0 Å². The first-order valence-electron chi connectivity index (χ1n) is 6.40. The van der Waals surface area contributed by atoms with Crippen molar-refractivity contribution in [2.45, 2.75) is 51.4 Å². The molecular formula is C12H21N3O. The summed E-state index contributed by atoms with van der Waals surface area (Å²) >= 11 is 0. The highest BCUT2D eigenvalue weighted by molar-refractivity contribution is 4.85. The second kappa shape index (κ2) is 5.99. The summed E-state index contributed by atoms with van der Waals surface area (Å²) in [6.07, 6.45) is 9.76. The Labute approximate surface area is 96.6 Å². The number of aromatic nitrogens is 2. The maximum atomic E-state index is 5.57. The molecule has 1 heterocycles. The first-order chi connectivity index (χ1) is 7.88. The lowest BCUT2D eigenvalue weighted by molar-refractivity contribution is 0.380. The fraction of sp³-hybridized carbons (Fsp3) is 0.833. The molecule has 1 aromatic heterocycles. The predicted molar refractivity (Wildman–Crippen MR) is 62.0 cm³/mol. The summed E-state index contributed by atoms with van der Waals surface area (Å²) in [5.74, 6) is 2.23. The van der Waals surface area contributed by atoms with Crippen LogP contribution in [0, 0.1) is 5.92 Å². The van der Waals surface area contributed by atoms with Crippen molar-refractivity contribution >= 4 is 0 Å². The number of nitrogens with two attached hydrogens (primary N) is 1. The van der Waals surface area contributed by atoms with Crippen LogP contribution in [0.3, 0.4) is 0 Å². The third-order valence-electron chi connectivity index (χ3n) is 3.30. The summed E-state index contributed by atoms with van der Waals surface area (Å²) in [5, 5.41) is 8.09. The molecule has 0 bridgehead atoms. The Kier molecular flexibility index (Phi) is 4.34. The van der Waals surface area contributed by atoms with Gasteiger partial charge in [-0.3, -0.25) is 0 Å². The Bertz CT molecular complexity index is 303. The zero-order valence-corrected chi connectivity index (χ0v) is 9.82. The van der Waals surface area contributed by atoms with Crippen molar-refractivity contribution in [3.05, 3.63) is 11.8 Å². The van der Waals surface area contributed by atoms with Gasteiger partial charge in [-0.25, -0.2) is 0 Å². The van der Waals surface area contributed by atoms with Gasteiger partial charge >= 0.3 is 0 Å². The lowest BCUT2D eigenvalue weighted by Gasteiger charge is -2.10. The second-order valence-corrected chi connectivity index (χ2v) is 4.69. The molecule has 0 atom stereocenters. The van der Waals surface area contributed by atoms with Crippen LogP contribution in [0.25, 0.3) is 0 Å². The molecule has 0 radical (unpaired) electrons. The lowest BCUT2D eigenvalue weighted by Crippen LogP contribution is -2.03. The smallest absolute Gasteiger partial charge is 0.217 e. The van der Waals surface area contributed by atoms with Gasteiger partial charge in [0.15, 0.2) is 0 Å². The molecule has 1 aliphatic carbocycles. The first-order valence-corrected chi connectivity index (χ1v) is 6.40. The zero-order valence-electron chi connectivity index (χ0n) is 9.82. The molecule has 1 aliphatic rings. The van der Waals surface area contributed by atoms with Crippen molar-refractivity contribution in [3.63, 3.8) is 0 Å². The van der Waals surface area contributed by atoms with E-state index in [9.17, 15) is 0 Å². The minimum Gasteiger partial charge on any atom is -0.425 e. The van der Waals surface area contributed by atoms with Crippen molar-refractivity contribution < 1.29 is 4.42 Å². The molecule has 1 fully saturated rings. The summed E-state index contributed by atoms with van der Waals surface area (Å²) < 4.78 is 5.57. The van der Waals surface area contributed by atoms with Crippen molar-refractivity contribution in [2.75, 3.05) is 6.54 Å². The summed E-state index contributed by atoms with van der Waals surface area (Å²) in [7, 11) is 0. The van der Waals surface area contributed by atoms with Gasteiger partial charge in [0, 0.05) is 19.4 Å². The molecule has 2 rings (SSSR count).